The molecule has 6 heteroatoms. The van der Waals surface area contributed by atoms with E-state index >= 15 is 0 Å². The number of guanidine groups is 1. The summed E-state index contributed by atoms with van der Waals surface area (Å²) < 4.78 is 0. The fourth-order valence-corrected chi connectivity index (χ4v) is 3.89. The Morgan fingerprint density at radius 3 is 2.67 bits per heavy atom. The SMILES string of the molecule is CCNC(=O)c1ccc(CNC(=NC)N2CCSC(CC)C2)cc1. The van der Waals surface area contributed by atoms with E-state index in [0.29, 0.717) is 23.9 Å². The second kappa shape index (κ2) is 9.57. The van der Waals surface area contributed by atoms with Gasteiger partial charge in [0, 0.05) is 49.8 Å². The molecule has 0 bridgehead atoms. The molecule has 24 heavy (non-hydrogen) atoms. The first-order chi connectivity index (χ1) is 11.7. The topological polar surface area (TPSA) is 56.7 Å². The number of carbonyl (C=O) groups is 1. The largest absolute Gasteiger partial charge is 0.352 e. The second-order valence-corrected chi connectivity index (χ2v) is 7.21. The number of aliphatic imine (C=N–C) groups is 1. The molecule has 1 unspecified atom stereocenters. The average Bonchev–Trinajstić information content (AvgIpc) is 2.63. The molecule has 1 fully saturated rings. The van der Waals surface area contributed by atoms with Crippen LogP contribution >= 0.6 is 11.8 Å². The van der Waals surface area contributed by atoms with Gasteiger partial charge in [-0.3, -0.25) is 9.79 Å². The van der Waals surface area contributed by atoms with Gasteiger partial charge in [-0.15, -0.1) is 0 Å². The van der Waals surface area contributed by atoms with Crippen LogP contribution in [0.4, 0.5) is 0 Å². The summed E-state index contributed by atoms with van der Waals surface area (Å²) in [7, 11) is 1.84. The van der Waals surface area contributed by atoms with Gasteiger partial charge in [-0.25, -0.2) is 0 Å². The number of hydrogen-bond donors (Lipinski definition) is 2. The Kier molecular flexibility index (Phi) is 7.43. The summed E-state index contributed by atoms with van der Waals surface area (Å²) in [6.45, 7) is 7.61. The van der Waals surface area contributed by atoms with Crippen LogP contribution in [0.5, 0.6) is 0 Å². The van der Waals surface area contributed by atoms with Crippen LogP contribution in [-0.2, 0) is 6.54 Å². The van der Waals surface area contributed by atoms with Crippen molar-refractivity contribution in [1.82, 2.24) is 15.5 Å². The summed E-state index contributed by atoms with van der Waals surface area (Å²) in [5.41, 5.74) is 1.84. The lowest BCUT2D eigenvalue weighted by Gasteiger charge is -2.34. The number of rotatable bonds is 5. The lowest BCUT2D eigenvalue weighted by Crippen LogP contribution is -2.47. The van der Waals surface area contributed by atoms with E-state index in [1.807, 2.05) is 38.2 Å². The van der Waals surface area contributed by atoms with E-state index in [2.05, 4.69) is 39.2 Å². The van der Waals surface area contributed by atoms with Crippen molar-refractivity contribution in [3.63, 3.8) is 0 Å². The molecule has 0 aliphatic carbocycles. The highest BCUT2D eigenvalue weighted by atomic mass is 32.2. The van der Waals surface area contributed by atoms with Crippen molar-refractivity contribution in [3.8, 4) is 0 Å². The number of nitrogens with zero attached hydrogens (tertiary/aromatic N) is 2. The van der Waals surface area contributed by atoms with Crippen LogP contribution in [0.25, 0.3) is 0 Å². The Labute approximate surface area is 149 Å². The molecule has 0 saturated carbocycles. The first-order valence-corrected chi connectivity index (χ1v) is 9.67. The highest BCUT2D eigenvalue weighted by molar-refractivity contribution is 8.00. The standard InChI is InChI=1S/C18H28N4OS/c1-4-16-13-22(10-11-24-16)18(19-3)21-12-14-6-8-15(9-7-14)17(23)20-5-2/h6-9,16H,4-5,10-13H2,1-3H3,(H,19,21)(H,20,23). The summed E-state index contributed by atoms with van der Waals surface area (Å²) in [5, 5.41) is 6.94. The third-order valence-electron chi connectivity index (χ3n) is 4.11. The monoisotopic (exact) mass is 348 g/mol. The predicted molar refractivity (Wildman–Crippen MR) is 103 cm³/mol. The van der Waals surface area contributed by atoms with Crippen molar-refractivity contribution in [3.05, 3.63) is 35.4 Å². The number of nitrogens with one attached hydrogen (secondary N) is 2. The number of hydrogen-bond acceptors (Lipinski definition) is 3. The maximum Gasteiger partial charge on any atom is 0.251 e. The number of carbonyl (C=O) groups excluding carboxylic acids is 1. The first kappa shape index (κ1) is 18.6. The van der Waals surface area contributed by atoms with Gasteiger partial charge < -0.3 is 15.5 Å². The third-order valence-corrected chi connectivity index (χ3v) is 5.48. The molecule has 2 N–H and O–H groups in total. The van der Waals surface area contributed by atoms with Crippen molar-refractivity contribution in [2.75, 3.05) is 32.4 Å². The van der Waals surface area contributed by atoms with Gasteiger partial charge in [0.2, 0.25) is 0 Å². The molecule has 1 heterocycles. The van der Waals surface area contributed by atoms with Crippen molar-refractivity contribution < 1.29 is 4.79 Å². The molecule has 2 rings (SSSR count). The van der Waals surface area contributed by atoms with E-state index in [4.69, 9.17) is 0 Å². The lowest BCUT2D eigenvalue weighted by molar-refractivity contribution is 0.0956. The average molecular weight is 349 g/mol. The molecular weight excluding hydrogens is 320 g/mol. The van der Waals surface area contributed by atoms with Crippen molar-refractivity contribution in [2.24, 2.45) is 4.99 Å². The lowest BCUT2D eigenvalue weighted by atomic mass is 10.1. The van der Waals surface area contributed by atoms with Gasteiger partial charge in [0.25, 0.3) is 5.91 Å². The molecule has 1 amide bonds. The summed E-state index contributed by atoms with van der Waals surface area (Å²) in [6.07, 6.45) is 1.19. The number of thioether (sulfide) groups is 1. The molecule has 1 aromatic carbocycles. The summed E-state index contributed by atoms with van der Waals surface area (Å²) in [4.78, 5) is 18.5. The first-order valence-electron chi connectivity index (χ1n) is 8.62. The quantitative estimate of drug-likeness (QED) is 0.633. The van der Waals surface area contributed by atoms with Crippen LogP contribution in [0.3, 0.4) is 0 Å². The van der Waals surface area contributed by atoms with Gasteiger partial charge in [0.15, 0.2) is 5.96 Å². The normalized spacial score (nSPS) is 18.4. The number of benzene rings is 1. The van der Waals surface area contributed by atoms with Crippen molar-refractivity contribution >= 4 is 23.6 Å². The van der Waals surface area contributed by atoms with Gasteiger partial charge in [0.1, 0.15) is 0 Å². The summed E-state index contributed by atoms with van der Waals surface area (Å²) in [5.74, 6) is 2.09. The van der Waals surface area contributed by atoms with E-state index in [-0.39, 0.29) is 5.91 Å². The maximum atomic E-state index is 11.8. The molecule has 1 saturated heterocycles. The van der Waals surface area contributed by atoms with Gasteiger partial charge in [0.05, 0.1) is 0 Å². The molecule has 0 radical (unpaired) electrons. The minimum atomic E-state index is -0.0238. The highest BCUT2D eigenvalue weighted by Crippen LogP contribution is 2.21. The van der Waals surface area contributed by atoms with Gasteiger partial charge in [-0.1, -0.05) is 19.1 Å². The highest BCUT2D eigenvalue weighted by Gasteiger charge is 2.21. The van der Waals surface area contributed by atoms with Crippen LogP contribution in [0.1, 0.15) is 36.2 Å². The minimum absolute atomic E-state index is 0.0238. The molecule has 1 aliphatic rings. The van der Waals surface area contributed by atoms with Gasteiger partial charge in [-0.2, -0.15) is 11.8 Å². The molecule has 1 aliphatic heterocycles. The van der Waals surface area contributed by atoms with Crippen molar-refractivity contribution in [1.29, 1.82) is 0 Å². The van der Waals surface area contributed by atoms with Crippen LogP contribution in [0, 0.1) is 0 Å². The molecule has 1 atom stereocenters. The molecule has 1 aromatic rings. The summed E-state index contributed by atoms with van der Waals surface area (Å²) in [6, 6.07) is 7.72. The second-order valence-electron chi connectivity index (χ2n) is 5.80. The maximum absolute atomic E-state index is 11.8. The van der Waals surface area contributed by atoms with Crippen LogP contribution < -0.4 is 10.6 Å². The van der Waals surface area contributed by atoms with Crippen LogP contribution in [-0.4, -0.2) is 54.5 Å². The Morgan fingerprint density at radius 1 is 1.29 bits per heavy atom. The third kappa shape index (κ3) is 5.16. The van der Waals surface area contributed by atoms with E-state index in [1.54, 1.807) is 0 Å². The predicted octanol–water partition coefficient (Wildman–Crippen LogP) is 2.34. The van der Waals surface area contributed by atoms with Gasteiger partial charge >= 0.3 is 0 Å². The van der Waals surface area contributed by atoms with E-state index < -0.39 is 0 Å². The zero-order valence-corrected chi connectivity index (χ0v) is 15.7. The van der Waals surface area contributed by atoms with E-state index in [9.17, 15) is 4.79 Å². The fraction of sp³-hybridized carbons (Fsp3) is 0.556. The zero-order valence-electron chi connectivity index (χ0n) is 14.8. The molecule has 5 nitrogen and oxygen atoms in total. The zero-order chi connectivity index (χ0) is 17.4. The smallest absolute Gasteiger partial charge is 0.251 e. The molecule has 0 aromatic heterocycles. The molecule has 0 spiro atoms. The van der Waals surface area contributed by atoms with Crippen LogP contribution in [0.15, 0.2) is 29.3 Å². The Balaban J connectivity index is 1.90. The molecule has 132 valence electrons. The Morgan fingerprint density at radius 2 is 2.04 bits per heavy atom. The van der Waals surface area contributed by atoms with Crippen molar-refractivity contribution in [2.45, 2.75) is 32.1 Å². The fourth-order valence-electron chi connectivity index (χ4n) is 2.71. The number of amides is 1. The Bertz CT molecular complexity index is 559. The van der Waals surface area contributed by atoms with E-state index in [1.165, 1.54) is 6.42 Å². The van der Waals surface area contributed by atoms with Crippen LogP contribution in [0.2, 0.25) is 0 Å². The minimum Gasteiger partial charge on any atom is -0.352 e. The summed E-state index contributed by atoms with van der Waals surface area (Å²) >= 11 is 2.06. The van der Waals surface area contributed by atoms with E-state index in [0.717, 1.165) is 30.4 Å². The van der Waals surface area contributed by atoms with Gasteiger partial charge in [-0.05, 0) is 31.0 Å². The Hall–Kier alpha value is -1.69. The molecular formula is C18H28N4OS.